The van der Waals surface area contributed by atoms with Crippen molar-refractivity contribution < 1.29 is 18.3 Å². The molecule has 1 aliphatic carbocycles. The molecule has 1 aromatic heterocycles. The molecule has 0 radical (unpaired) electrons. The van der Waals surface area contributed by atoms with E-state index >= 15 is 0 Å². The number of thiophene rings is 1. The van der Waals surface area contributed by atoms with E-state index in [9.17, 15) is 13.6 Å². The number of carbonyl (C=O) groups excluding carboxylic acids is 1. The Morgan fingerprint density at radius 1 is 1.15 bits per heavy atom. The van der Waals surface area contributed by atoms with Crippen LogP contribution in [0.1, 0.15) is 45.2 Å². The number of hydrogen-bond acceptors (Lipinski definition) is 4. The van der Waals surface area contributed by atoms with Gasteiger partial charge in [0.1, 0.15) is 11.6 Å². The molecule has 0 unspecified atom stereocenters. The number of ether oxygens (including phenoxy) is 1. The van der Waals surface area contributed by atoms with Crippen LogP contribution in [-0.2, 0) is 16.7 Å². The summed E-state index contributed by atoms with van der Waals surface area (Å²) in [5.41, 5.74) is 2.45. The number of carbonyl (C=O) groups is 1. The molecule has 1 saturated heterocycles. The molecule has 172 valence electrons. The van der Waals surface area contributed by atoms with Crippen LogP contribution in [0, 0.1) is 11.6 Å². The lowest BCUT2D eigenvalue weighted by atomic mass is 9.72. The minimum atomic E-state index is -0.423. The Balaban J connectivity index is 1.38. The first-order valence-electron chi connectivity index (χ1n) is 11.1. The normalized spacial score (nSPS) is 21.8. The van der Waals surface area contributed by atoms with Crippen molar-refractivity contribution in [2.45, 2.75) is 36.9 Å². The number of fused-ring (bicyclic) bond motifs is 2. The van der Waals surface area contributed by atoms with Crippen LogP contribution in [0.3, 0.4) is 0 Å². The smallest absolute Gasteiger partial charge is 0.261 e. The third-order valence-corrected chi connectivity index (χ3v) is 7.98. The first kappa shape index (κ1) is 22.2. The van der Waals surface area contributed by atoms with Crippen molar-refractivity contribution >= 4 is 17.2 Å². The molecular formula is C26H26F2N2O2S. The SMILES string of the molecule is CO[C@H]1[C@H](NC(=O)c2cccs2)c2ccccc2C12CCN(Cc1cc(F)ccc1F)CC2. The van der Waals surface area contributed by atoms with Crippen molar-refractivity contribution in [1.82, 2.24) is 10.2 Å². The summed E-state index contributed by atoms with van der Waals surface area (Å²) >= 11 is 1.42. The van der Waals surface area contributed by atoms with Gasteiger partial charge in [0.05, 0.1) is 17.0 Å². The van der Waals surface area contributed by atoms with Crippen LogP contribution < -0.4 is 5.32 Å². The Kier molecular flexibility index (Phi) is 6.03. The summed E-state index contributed by atoms with van der Waals surface area (Å²) in [6.07, 6.45) is 1.42. The molecule has 7 heteroatoms. The minimum absolute atomic E-state index is 0.0945. The van der Waals surface area contributed by atoms with Gasteiger partial charge in [0, 0.05) is 24.6 Å². The Hall–Kier alpha value is -2.61. The maximum absolute atomic E-state index is 14.2. The van der Waals surface area contributed by atoms with Gasteiger partial charge < -0.3 is 10.1 Å². The van der Waals surface area contributed by atoms with Crippen LogP contribution in [-0.4, -0.2) is 37.1 Å². The molecule has 1 fully saturated rings. The van der Waals surface area contributed by atoms with Gasteiger partial charge in [-0.1, -0.05) is 30.3 Å². The fraction of sp³-hybridized carbons (Fsp3) is 0.346. The van der Waals surface area contributed by atoms with Crippen LogP contribution >= 0.6 is 11.3 Å². The molecule has 1 N–H and O–H groups in total. The van der Waals surface area contributed by atoms with E-state index in [4.69, 9.17) is 4.74 Å². The Bertz CT molecular complexity index is 1140. The van der Waals surface area contributed by atoms with Gasteiger partial charge in [-0.3, -0.25) is 9.69 Å². The second-order valence-electron chi connectivity index (χ2n) is 8.84. The number of nitrogens with zero attached hydrogens (tertiary/aromatic N) is 1. The summed E-state index contributed by atoms with van der Waals surface area (Å²) in [5.74, 6) is -0.898. The summed E-state index contributed by atoms with van der Waals surface area (Å²) in [4.78, 5) is 15.7. The van der Waals surface area contributed by atoms with Gasteiger partial charge in [-0.25, -0.2) is 8.78 Å². The van der Waals surface area contributed by atoms with Crippen LogP contribution in [0.2, 0.25) is 0 Å². The van der Waals surface area contributed by atoms with Crippen molar-refractivity contribution in [3.63, 3.8) is 0 Å². The number of halogens is 2. The van der Waals surface area contributed by atoms with Gasteiger partial charge in [-0.05, 0) is 66.7 Å². The first-order chi connectivity index (χ1) is 16.0. The van der Waals surface area contributed by atoms with Crippen LogP contribution in [0.15, 0.2) is 60.0 Å². The van der Waals surface area contributed by atoms with Crippen molar-refractivity contribution in [3.8, 4) is 0 Å². The number of amides is 1. The zero-order valence-corrected chi connectivity index (χ0v) is 19.2. The lowest BCUT2D eigenvalue weighted by Crippen LogP contribution is -2.50. The highest BCUT2D eigenvalue weighted by Crippen LogP contribution is 2.52. The fourth-order valence-electron chi connectivity index (χ4n) is 5.56. The van der Waals surface area contributed by atoms with Crippen LogP contribution in [0.5, 0.6) is 0 Å². The summed E-state index contributed by atoms with van der Waals surface area (Å²) in [6, 6.07) is 15.3. The molecule has 33 heavy (non-hydrogen) atoms. The van der Waals surface area contributed by atoms with E-state index in [1.165, 1.54) is 29.0 Å². The molecule has 1 spiro atoms. The Morgan fingerprint density at radius 3 is 2.67 bits per heavy atom. The van der Waals surface area contributed by atoms with Crippen molar-refractivity contribution in [1.29, 1.82) is 0 Å². The summed E-state index contributed by atoms with van der Waals surface area (Å²) in [7, 11) is 1.71. The highest BCUT2D eigenvalue weighted by molar-refractivity contribution is 7.12. The van der Waals surface area contributed by atoms with Crippen LogP contribution in [0.4, 0.5) is 8.78 Å². The number of benzene rings is 2. The predicted molar refractivity (Wildman–Crippen MR) is 124 cm³/mol. The molecule has 0 bridgehead atoms. The average molecular weight is 469 g/mol. The minimum Gasteiger partial charge on any atom is -0.378 e. The van der Waals surface area contributed by atoms with Gasteiger partial charge >= 0.3 is 0 Å². The van der Waals surface area contributed by atoms with Gasteiger partial charge in [-0.2, -0.15) is 0 Å². The number of rotatable bonds is 5. The van der Waals surface area contributed by atoms with E-state index in [0.717, 1.165) is 37.6 Å². The molecule has 1 aliphatic heterocycles. The summed E-state index contributed by atoms with van der Waals surface area (Å²) in [5, 5.41) is 5.11. The molecule has 1 amide bonds. The number of hydrogen-bond donors (Lipinski definition) is 1. The van der Waals surface area contributed by atoms with Gasteiger partial charge in [-0.15, -0.1) is 11.3 Å². The predicted octanol–water partition coefficient (Wildman–Crippen LogP) is 5.06. The summed E-state index contributed by atoms with van der Waals surface area (Å²) < 4.78 is 33.9. The van der Waals surface area contributed by atoms with Crippen molar-refractivity contribution in [2.75, 3.05) is 20.2 Å². The lowest BCUT2D eigenvalue weighted by molar-refractivity contribution is -0.0123. The van der Waals surface area contributed by atoms with Crippen molar-refractivity contribution in [3.05, 3.63) is 93.2 Å². The molecule has 0 saturated carbocycles. The molecule has 2 atom stereocenters. The fourth-order valence-corrected chi connectivity index (χ4v) is 6.19. The van der Waals surface area contributed by atoms with Crippen molar-refractivity contribution in [2.24, 2.45) is 0 Å². The maximum Gasteiger partial charge on any atom is 0.261 e. The third kappa shape index (κ3) is 3.98. The Morgan fingerprint density at radius 2 is 1.94 bits per heavy atom. The molecular weight excluding hydrogens is 442 g/mol. The standard InChI is InChI=1S/C26H26F2N2O2S/c1-32-24-23(29-25(31)22-7-4-14-33-22)19-5-2-3-6-20(19)26(24)10-12-30(13-11-26)16-17-15-18(27)8-9-21(17)28/h2-9,14-15,23-24H,10-13,16H2,1H3,(H,29,31)/t23-,24+/m1/s1. The largest absolute Gasteiger partial charge is 0.378 e. The lowest BCUT2D eigenvalue weighted by Gasteiger charge is -2.44. The van der Waals surface area contributed by atoms with E-state index < -0.39 is 5.82 Å². The van der Waals surface area contributed by atoms with Crippen LogP contribution in [0.25, 0.3) is 0 Å². The molecule has 3 aromatic rings. The second kappa shape index (κ2) is 8.97. The number of likely N-dealkylation sites (tertiary alicyclic amines) is 1. The van der Waals surface area contributed by atoms with Gasteiger partial charge in [0.15, 0.2) is 0 Å². The molecule has 2 heterocycles. The number of nitrogens with one attached hydrogen (secondary N) is 1. The van der Waals surface area contributed by atoms with Gasteiger partial charge in [0.25, 0.3) is 5.91 Å². The van der Waals surface area contributed by atoms with E-state index in [1.54, 1.807) is 7.11 Å². The average Bonchev–Trinajstić information content (AvgIpc) is 3.45. The number of methoxy groups -OCH3 is 1. The monoisotopic (exact) mass is 468 g/mol. The second-order valence-corrected chi connectivity index (χ2v) is 9.79. The number of piperidine rings is 1. The Labute approximate surface area is 196 Å². The molecule has 5 rings (SSSR count). The maximum atomic E-state index is 14.2. The molecule has 2 aliphatic rings. The zero-order valence-electron chi connectivity index (χ0n) is 18.4. The molecule has 2 aromatic carbocycles. The molecule has 4 nitrogen and oxygen atoms in total. The quantitative estimate of drug-likeness (QED) is 0.569. The third-order valence-electron chi connectivity index (χ3n) is 7.12. The van der Waals surface area contributed by atoms with E-state index in [-0.39, 0.29) is 29.3 Å². The topological polar surface area (TPSA) is 41.6 Å². The van der Waals surface area contributed by atoms with E-state index in [0.29, 0.717) is 17.0 Å². The van der Waals surface area contributed by atoms with Gasteiger partial charge in [0.2, 0.25) is 0 Å². The summed E-state index contributed by atoms with van der Waals surface area (Å²) in [6.45, 7) is 1.84. The van der Waals surface area contributed by atoms with E-state index in [1.807, 2.05) is 29.6 Å². The first-order valence-corrected chi connectivity index (χ1v) is 12.0. The highest BCUT2D eigenvalue weighted by Gasteiger charge is 2.54. The van der Waals surface area contributed by atoms with E-state index in [2.05, 4.69) is 22.3 Å². The highest BCUT2D eigenvalue weighted by atomic mass is 32.1. The zero-order chi connectivity index (χ0) is 23.0.